The summed E-state index contributed by atoms with van der Waals surface area (Å²) in [6.45, 7) is 11.3. The van der Waals surface area contributed by atoms with E-state index in [0.717, 1.165) is 17.0 Å². The predicted molar refractivity (Wildman–Crippen MR) is 121 cm³/mol. The van der Waals surface area contributed by atoms with Crippen LogP contribution in [0.4, 0.5) is 0 Å². The standard InChI is InChI=1S/C27H26N2/c1-26(2,3)19-13-10-18(11-14-19)24-23-25(29-16-28-24)22-20-9-7-6-8-17(20)12-15-21(22)27(23,4)5/h6-16H,1-5H3. The smallest absolute Gasteiger partial charge is 0.116 e. The van der Waals surface area contributed by atoms with E-state index >= 15 is 0 Å². The van der Waals surface area contributed by atoms with E-state index in [1.54, 1.807) is 6.33 Å². The third-order valence-corrected chi connectivity index (χ3v) is 6.34. The molecule has 0 N–H and O–H groups in total. The SMILES string of the molecule is CC(C)(C)c1ccc(-c2ncnc3c2C(C)(C)c2ccc4ccccc4c2-3)cc1. The summed E-state index contributed by atoms with van der Waals surface area (Å²) in [5.41, 5.74) is 8.43. The van der Waals surface area contributed by atoms with E-state index in [1.807, 2.05) is 0 Å². The summed E-state index contributed by atoms with van der Waals surface area (Å²) in [5.74, 6) is 0. The van der Waals surface area contributed by atoms with Gasteiger partial charge < -0.3 is 0 Å². The minimum Gasteiger partial charge on any atom is -0.236 e. The second-order valence-electron chi connectivity index (χ2n) is 9.61. The van der Waals surface area contributed by atoms with Crippen LogP contribution in [0.1, 0.15) is 51.3 Å². The summed E-state index contributed by atoms with van der Waals surface area (Å²) in [6.07, 6.45) is 1.72. The van der Waals surface area contributed by atoms with Gasteiger partial charge in [-0.25, -0.2) is 9.97 Å². The van der Waals surface area contributed by atoms with Crippen molar-refractivity contribution in [1.82, 2.24) is 9.97 Å². The van der Waals surface area contributed by atoms with Crippen LogP contribution in [0.2, 0.25) is 0 Å². The van der Waals surface area contributed by atoms with Crippen molar-refractivity contribution in [3.05, 3.63) is 83.7 Å². The predicted octanol–water partition coefficient (Wildman–Crippen LogP) is 6.90. The number of hydrogen-bond acceptors (Lipinski definition) is 2. The van der Waals surface area contributed by atoms with E-state index in [2.05, 4.69) is 95.3 Å². The van der Waals surface area contributed by atoms with Gasteiger partial charge in [-0.3, -0.25) is 0 Å². The molecule has 0 radical (unpaired) electrons. The van der Waals surface area contributed by atoms with Crippen molar-refractivity contribution in [2.75, 3.05) is 0 Å². The molecule has 1 aliphatic rings. The van der Waals surface area contributed by atoms with E-state index in [-0.39, 0.29) is 10.8 Å². The quantitative estimate of drug-likeness (QED) is 0.360. The molecule has 3 aromatic carbocycles. The van der Waals surface area contributed by atoms with Gasteiger partial charge in [0.25, 0.3) is 0 Å². The Morgan fingerprint density at radius 2 is 1.45 bits per heavy atom. The normalized spacial score (nSPS) is 14.7. The number of benzene rings is 3. The van der Waals surface area contributed by atoms with Gasteiger partial charge >= 0.3 is 0 Å². The highest BCUT2D eigenvalue weighted by molar-refractivity contribution is 6.02. The zero-order chi connectivity index (χ0) is 20.4. The number of fused-ring (bicyclic) bond motifs is 5. The molecule has 144 valence electrons. The summed E-state index contributed by atoms with van der Waals surface area (Å²) in [4.78, 5) is 9.54. The third-order valence-electron chi connectivity index (χ3n) is 6.34. The average Bonchev–Trinajstić information content (AvgIpc) is 2.95. The molecular formula is C27H26N2. The van der Waals surface area contributed by atoms with E-state index < -0.39 is 0 Å². The Kier molecular flexibility index (Phi) is 3.73. The summed E-state index contributed by atoms with van der Waals surface area (Å²) in [7, 11) is 0. The molecule has 0 saturated heterocycles. The van der Waals surface area contributed by atoms with Crippen LogP contribution in [0.25, 0.3) is 33.3 Å². The van der Waals surface area contributed by atoms with Gasteiger partial charge in [-0.05, 0) is 27.3 Å². The zero-order valence-electron chi connectivity index (χ0n) is 17.7. The van der Waals surface area contributed by atoms with Gasteiger partial charge in [0.2, 0.25) is 0 Å². The van der Waals surface area contributed by atoms with Gasteiger partial charge in [0.1, 0.15) is 6.33 Å². The molecule has 0 atom stereocenters. The van der Waals surface area contributed by atoms with E-state index in [1.165, 1.54) is 33.0 Å². The highest BCUT2D eigenvalue weighted by atomic mass is 14.9. The van der Waals surface area contributed by atoms with Gasteiger partial charge in [0.05, 0.1) is 11.4 Å². The molecule has 0 fully saturated rings. The minimum atomic E-state index is -0.145. The van der Waals surface area contributed by atoms with Gasteiger partial charge in [-0.1, -0.05) is 95.3 Å². The Bertz CT molecular complexity index is 1240. The zero-order valence-corrected chi connectivity index (χ0v) is 17.7. The largest absolute Gasteiger partial charge is 0.236 e. The van der Waals surface area contributed by atoms with E-state index in [0.29, 0.717) is 0 Å². The number of aromatic nitrogens is 2. The molecular weight excluding hydrogens is 352 g/mol. The Labute approximate surface area is 172 Å². The summed E-state index contributed by atoms with van der Waals surface area (Å²) >= 11 is 0. The van der Waals surface area contributed by atoms with Crippen LogP contribution in [0.5, 0.6) is 0 Å². The fraction of sp³-hybridized carbons (Fsp3) is 0.259. The van der Waals surface area contributed by atoms with Crippen LogP contribution in [0.15, 0.2) is 67.0 Å². The first kappa shape index (κ1) is 18.1. The lowest BCUT2D eigenvalue weighted by Gasteiger charge is -2.24. The van der Waals surface area contributed by atoms with Crippen molar-refractivity contribution >= 4 is 10.8 Å². The number of hydrogen-bond donors (Lipinski definition) is 0. The molecule has 1 aliphatic carbocycles. The van der Waals surface area contributed by atoms with Crippen LogP contribution in [-0.2, 0) is 10.8 Å². The molecule has 5 rings (SSSR count). The highest BCUT2D eigenvalue weighted by Gasteiger charge is 2.40. The maximum atomic E-state index is 4.78. The van der Waals surface area contributed by atoms with Crippen molar-refractivity contribution in [3.63, 3.8) is 0 Å². The monoisotopic (exact) mass is 378 g/mol. The molecule has 2 heteroatoms. The first-order chi connectivity index (χ1) is 13.8. The van der Waals surface area contributed by atoms with Gasteiger partial charge in [-0.2, -0.15) is 0 Å². The first-order valence-corrected chi connectivity index (χ1v) is 10.3. The maximum absolute atomic E-state index is 4.78. The third kappa shape index (κ3) is 2.62. The lowest BCUT2D eigenvalue weighted by Crippen LogP contribution is -2.17. The molecule has 1 aromatic heterocycles. The molecule has 29 heavy (non-hydrogen) atoms. The topological polar surface area (TPSA) is 25.8 Å². The van der Waals surface area contributed by atoms with Crippen molar-refractivity contribution < 1.29 is 0 Å². The lowest BCUT2D eigenvalue weighted by atomic mass is 9.80. The Morgan fingerprint density at radius 3 is 2.17 bits per heavy atom. The molecule has 0 saturated carbocycles. The van der Waals surface area contributed by atoms with Crippen molar-refractivity contribution in [3.8, 4) is 22.5 Å². The van der Waals surface area contributed by atoms with E-state index in [9.17, 15) is 0 Å². The molecule has 0 bridgehead atoms. The van der Waals surface area contributed by atoms with Crippen molar-refractivity contribution in [2.45, 2.75) is 45.4 Å². The minimum absolute atomic E-state index is 0.139. The average molecular weight is 379 g/mol. The van der Waals surface area contributed by atoms with Gasteiger partial charge in [0.15, 0.2) is 0 Å². The molecule has 2 nitrogen and oxygen atoms in total. The molecule has 4 aromatic rings. The van der Waals surface area contributed by atoms with Crippen LogP contribution in [0.3, 0.4) is 0 Å². The summed E-state index contributed by atoms with van der Waals surface area (Å²) in [5, 5.41) is 2.52. The van der Waals surface area contributed by atoms with Crippen LogP contribution < -0.4 is 0 Å². The molecule has 1 heterocycles. The first-order valence-electron chi connectivity index (χ1n) is 10.3. The Hall–Kier alpha value is -3.00. The van der Waals surface area contributed by atoms with Crippen molar-refractivity contribution in [1.29, 1.82) is 0 Å². The molecule has 0 amide bonds. The lowest BCUT2D eigenvalue weighted by molar-refractivity contribution is 0.590. The second-order valence-corrected chi connectivity index (χ2v) is 9.61. The maximum Gasteiger partial charge on any atom is 0.116 e. The van der Waals surface area contributed by atoms with E-state index in [4.69, 9.17) is 9.97 Å². The fourth-order valence-corrected chi connectivity index (χ4v) is 4.70. The highest BCUT2D eigenvalue weighted by Crippen LogP contribution is 2.52. The fourth-order valence-electron chi connectivity index (χ4n) is 4.70. The van der Waals surface area contributed by atoms with Gasteiger partial charge in [-0.15, -0.1) is 0 Å². The number of nitrogens with zero attached hydrogens (tertiary/aromatic N) is 2. The van der Waals surface area contributed by atoms with Crippen LogP contribution in [-0.4, -0.2) is 9.97 Å². The second kappa shape index (κ2) is 6.00. The Balaban J connectivity index is 1.76. The van der Waals surface area contributed by atoms with Crippen LogP contribution >= 0.6 is 0 Å². The number of rotatable bonds is 1. The van der Waals surface area contributed by atoms with Crippen molar-refractivity contribution in [2.24, 2.45) is 0 Å². The molecule has 0 spiro atoms. The molecule has 0 aliphatic heterocycles. The Morgan fingerprint density at radius 1 is 0.759 bits per heavy atom. The van der Waals surface area contributed by atoms with Gasteiger partial charge in [0, 0.05) is 22.1 Å². The summed E-state index contributed by atoms with van der Waals surface area (Å²) in [6, 6.07) is 22.0. The summed E-state index contributed by atoms with van der Waals surface area (Å²) < 4.78 is 0. The molecule has 0 unspecified atom stereocenters. The van der Waals surface area contributed by atoms with Crippen LogP contribution in [0, 0.1) is 0 Å².